The molecule has 0 aliphatic carbocycles. The third kappa shape index (κ3) is 4.73. The van der Waals surface area contributed by atoms with Gasteiger partial charge >= 0.3 is 0 Å². The van der Waals surface area contributed by atoms with Crippen molar-refractivity contribution in [3.8, 4) is 0 Å². The number of amidine groups is 2. The molecule has 0 saturated carbocycles. The van der Waals surface area contributed by atoms with E-state index in [-0.39, 0.29) is 10.0 Å². The average Bonchev–Trinajstić information content (AvgIpc) is 3.18. The molecule has 1 aromatic heterocycles. The summed E-state index contributed by atoms with van der Waals surface area (Å²) in [4.78, 5) is 9.30. The van der Waals surface area contributed by atoms with Gasteiger partial charge in [-0.3, -0.25) is 4.72 Å². The van der Waals surface area contributed by atoms with Crippen LogP contribution in [0.4, 0.5) is 5.13 Å². The maximum atomic E-state index is 12.5. The normalized spacial score (nSPS) is 16.6. The number of nitrogens with two attached hydrogens (primary N) is 1. The second-order valence-corrected chi connectivity index (χ2v) is 9.44. The number of aliphatic imine (C=N–C) groups is 1. The molecule has 2 aromatic rings. The van der Waals surface area contributed by atoms with Crippen LogP contribution in [0.3, 0.4) is 0 Å². The maximum absolute atomic E-state index is 12.5. The van der Waals surface area contributed by atoms with E-state index in [0.29, 0.717) is 28.2 Å². The number of hydrogen-bond donors (Lipinski definition) is 2. The minimum absolute atomic E-state index is 0.188. The number of benzene rings is 1. The topological polar surface area (TPSA) is 122 Å². The number of thiazole rings is 1. The first-order chi connectivity index (χ1) is 12.7. The molecule has 0 atom stereocenters. The largest absolute Gasteiger partial charge is 0.386 e. The lowest BCUT2D eigenvalue weighted by molar-refractivity contribution is 0.601. The van der Waals surface area contributed by atoms with E-state index in [1.54, 1.807) is 38.1 Å². The van der Waals surface area contributed by atoms with Crippen LogP contribution in [-0.4, -0.2) is 35.9 Å². The van der Waals surface area contributed by atoms with E-state index in [2.05, 4.69) is 24.9 Å². The quantitative estimate of drug-likeness (QED) is 0.567. The van der Waals surface area contributed by atoms with Crippen molar-refractivity contribution >= 4 is 55.0 Å². The van der Waals surface area contributed by atoms with Crippen molar-refractivity contribution in [2.24, 2.45) is 20.9 Å². The van der Waals surface area contributed by atoms with Crippen molar-refractivity contribution < 1.29 is 8.42 Å². The van der Waals surface area contributed by atoms with Crippen LogP contribution in [0.25, 0.3) is 0 Å². The molecule has 0 amide bonds. The lowest BCUT2D eigenvalue weighted by Gasteiger charge is -2.05. The van der Waals surface area contributed by atoms with Crippen LogP contribution in [0.1, 0.15) is 23.1 Å². The van der Waals surface area contributed by atoms with E-state index in [1.807, 2.05) is 6.92 Å². The Morgan fingerprint density at radius 2 is 1.96 bits per heavy atom. The monoisotopic (exact) mass is 422 g/mol. The van der Waals surface area contributed by atoms with Gasteiger partial charge < -0.3 is 5.73 Å². The summed E-state index contributed by atoms with van der Waals surface area (Å²) in [6.07, 6.45) is 0. The van der Waals surface area contributed by atoms with Gasteiger partial charge in [-0.1, -0.05) is 40.8 Å². The van der Waals surface area contributed by atoms with Gasteiger partial charge in [0.15, 0.2) is 5.13 Å². The van der Waals surface area contributed by atoms with Crippen molar-refractivity contribution in [2.45, 2.75) is 25.7 Å². The minimum atomic E-state index is -3.70. The van der Waals surface area contributed by atoms with Crippen LogP contribution in [0.2, 0.25) is 0 Å². The third-order valence-electron chi connectivity index (χ3n) is 3.55. The molecule has 11 heteroatoms. The van der Waals surface area contributed by atoms with Crippen LogP contribution < -0.4 is 10.5 Å². The first-order valence-corrected chi connectivity index (χ1v) is 11.2. The molecular weight excluding hydrogens is 404 g/mol. The van der Waals surface area contributed by atoms with Crippen LogP contribution in [0.15, 0.2) is 44.4 Å². The number of nitrogens with zero attached hydrogens (tertiary/aromatic N) is 4. The van der Waals surface area contributed by atoms with Crippen LogP contribution >= 0.6 is 23.1 Å². The fourth-order valence-electron chi connectivity index (χ4n) is 2.21. The molecule has 1 aliphatic rings. The zero-order chi connectivity index (χ0) is 19.6. The molecule has 142 valence electrons. The molecule has 3 N–H and O–H groups in total. The van der Waals surface area contributed by atoms with E-state index in [9.17, 15) is 8.42 Å². The first kappa shape index (κ1) is 19.5. The molecule has 1 aliphatic heterocycles. The van der Waals surface area contributed by atoms with Gasteiger partial charge in [0, 0.05) is 0 Å². The van der Waals surface area contributed by atoms with Gasteiger partial charge in [-0.05, 0) is 32.9 Å². The van der Waals surface area contributed by atoms with Gasteiger partial charge in [0.05, 0.1) is 26.9 Å². The van der Waals surface area contributed by atoms with E-state index in [1.165, 1.54) is 23.1 Å². The van der Waals surface area contributed by atoms with Gasteiger partial charge in [0.1, 0.15) is 5.84 Å². The van der Waals surface area contributed by atoms with Crippen molar-refractivity contribution in [1.29, 1.82) is 0 Å². The van der Waals surface area contributed by atoms with Gasteiger partial charge in [0.2, 0.25) is 5.17 Å². The Balaban J connectivity index is 1.81. The summed E-state index contributed by atoms with van der Waals surface area (Å²) in [5, 5.41) is 9.02. The Bertz CT molecular complexity index is 1050. The molecule has 0 fully saturated rings. The second kappa shape index (κ2) is 7.79. The van der Waals surface area contributed by atoms with Crippen molar-refractivity contribution in [1.82, 2.24) is 4.98 Å². The van der Waals surface area contributed by atoms with Crippen LogP contribution in [0.5, 0.6) is 0 Å². The Labute approximate surface area is 165 Å². The Morgan fingerprint density at radius 3 is 2.59 bits per heavy atom. The first-order valence-electron chi connectivity index (χ1n) is 7.90. The molecule has 0 saturated heterocycles. The number of sulfonamides is 1. The average molecular weight is 423 g/mol. The molecule has 0 unspecified atom stereocenters. The number of anilines is 1. The van der Waals surface area contributed by atoms with Crippen LogP contribution in [-0.2, 0) is 10.0 Å². The lowest BCUT2D eigenvalue weighted by Crippen LogP contribution is -2.12. The van der Waals surface area contributed by atoms with Gasteiger partial charge in [-0.2, -0.15) is 5.10 Å². The molecule has 0 spiro atoms. The molecule has 0 radical (unpaired) electrons. The predicted molar refractivity (Wildman–Crippen MR) is 113 cm³/mol. The number of hydrogen-bond acceptors (Lipinski definition) is 8. The zero-order valence-electron chi connectivity index (χ0n) is 14.9. The number of nitrogens with one attached hydrogen (secondary N) is 1. The molecule has 1 aromatic carbocycles. The van der Waals surface area contributed by atoms with Gasteiger partial charge in [-0.15, -0.1) is 5.10 Å². The second-order valence-electron chi connectivity index (χ2n) is 5.81. The highest BCUT2D eigenvalue weighted by Gasteiger charge is 2.18. The predicted octanol–water partition coefficient (Wildman–Crippen LogP) is 2.74. The summed E-state index contributed by atoms with van der Waals surface area (Å²) in [5.74, 6) is 1.13. The Morgan fingerprint density at radius 1 is 1.26 bits per heavy atom. The van der Waals surface area contributed by atoms with Gasteiger partial charge in [-0.25, -0.2) is 18.4 Å². The zero-order valence-corrected chi connectivity index (χ0v) is 17.4. The molecule has 0 bridgehead atoms. The van der Waals surface area contributed by atoms with Crippen molar-refractivity contribution in [3.05, 3.63) is 40.4 Å². The summed E-state index contributed by atoms with van der Waals surface area (Å²) in [7, 11) is -3.70. The van der Waals surface area contributed by atoms with Crippen molar-refractivity contribution in [3.63, 3.8) is 0 Å². The Hall–Kier alpha value is -2.24. The molecule has 8 nitrogen and oxygen atoms in total. The van der Waals surface area contributed by atoms with E-state index >= 15 is 0 Å². The Kier molecular flexibility index (Phi) is 5.63. The highest BCUT2D eigenvalue weighted by Crippen LogP contribution is 2.26. The number of thioether (sulfide) groups is 1. The van der Waals surface area contributed by atoms with E-state index in [0.717, 1.165) is 10.4 Å². The molecule has 2 heterocycles. The maximum Gasteiger partial charge on any atom is 0.263 e. The molecule has 27 heavy (non-hydrogen) atoms. The summed E-state index contributed by atoms with van der Waals surface area (Å²) in [6.45, 7) is 5.48. The SMILES string of the molecule is C/C(=N\N=C1\N=C(N)CS1)c1sc(NS(=O)(=O)c2ccc(C)cc2)nc1C. The van der Waals surface area contributed by atoms with Crippen molar-refractivity contribution in [2.75, 3.05) is 10.5 Å². The fourth-order valence-corrected chi connectivity index (χ4v) is 4.97. The van der Waals surface area contributed by atoms with E-state index < -0.39 is 10.0 Å². The smallest absolute Gasteiger partial charge is 0.263 e. The number of aromatic nitrogens is 1. The number of aryl methyl sites for hydroxylation is 2. The molecular formula is C16H18N6O2S3. The molecule has 3 rings (SSSR count). The fraction of sp³-hybridized carbons (Fsp3) is 0.250. The third-order valence-corrected chi connectivity index (χ3v) is 7.09. The highest BCUT2D eigenvalue weighted by molar-refractivity contribution is 8.14. The highest BCUT2D eigenvalue weighted by atomic mass is 32.2. The van der Waals surface area contributed by atoms with E-state index in [4.69, 9.17) is 5.73 Å². The summed E-state index contributed by atoms with van der Waals surface area (Å²) < 4.78 is 27.5. The van der Waals surface area contributed by atoms with Crippen LogP contribution in [0, 0.1) is 13.8 Å². The summed E-state index contributed by atoms with van der Waals surface area (Å²) in [5.41, 5.74) is 7.90. The van der Waals surface area contributed by atoms with Gasteiger partial charge in [0.25, 0.3) is 10.0 Å². The summed E-state index contributed by atoms with van der Waals surface area (Å²) in [6, 6.07) is 6.62. The minimum Gasteiger partial charge on any atom is -0.386 e. The standard InChI is InChI=1S/C16H18N6O2S3/c1-9-4-6-12(7-5-9)27(23,24)22-16-18-10(2)14(26-16)11(3)20-21-15-19-13(17)8-25-15/h4-7H,8H2,1-3H3,(H,18,22)(H2,17,19,21)/b20-11+. The number of rotatable bonds is 5. The summed E-state index contributed by atoms with van der Waals surface area (Å²) >= 11 is 2.62. The lowest BCUT2D eigenvalue weighted by atomic mass is 10.2.